The SMILES string of the molecule is CC(C)CN([C@H](C)c1ccc(N2CCN(S(=O)(=O)O)CC2)cc1)S(=O)(=O)Cc1ccccc1. The molecule has 0 aliphatic carbocycles. The highest BCUT2D eigenvalue weighted by Gasteiger charge is 2.30. The molecule has 182 valence electrons. The maximum absolute atomic E-state index is 13.3. The Morgan fingerprint density at radius 2 is 1.45 bits per heavy atom. The van der Waals surface area contributed by atoms with Gasteiger partial charge in [0.1, 0.15) is 0 Å². The van der Waals surface area contributed by atoms with Gasteiger partial charge in [0.2, 0.25) is 10.0 Å². The van der Waals surface area contributed by atoms with Crippen molar-refractivity contribution in [1.82, 2.24) is 8.61 Å². The van der Waals surface area contributed by atoms with Crippen LogP contribution in [-0.4, -0.2) is 62.7 Å². The van der Waals surface area contributed by atoms with Crippen LogP contribution >= 0.6 is 0 Å². The highest BCUT2D eigenvalue weighted by atomic mass is 32.2. The summed E-state index contributed by atoms with van der Waals surface area (Å²) in [5, 5.41) is 0. The Labute approximate surface area is 197 Å². The van der Waals surface area contributed by atoms with E-state index in [1.54, 1.807) is 4.31 Å². The number of hydrogen-bond donors (Lipinski definition) is 1. The summed E-state index contributed by atoms with van der Waals surface area (Å²) in [7, 11) is -7.69. The molecule has 1 saturated heterocycles. The van der Waals surface area contributed by atoms with Gasteiger partial charge in [0, 0.05) is 44.5 Å². The second-order valence-electron chi connectivity index (χ2n) is 8.84. The number of hydrogen-bond acceptors (Lipinski definition) is 5. The molecule has 10 heteroatoms. The Balaban J connectivity index is 1.75. The van der Waals surface area contributed by atoms with Crippen LogP contribution in [0.4, 0.5) is 5.69 Å². The first-order valence-electron chi connectivity index (χ1n) is 11.1. The van der Waals surface area contributed by atoms with Crippen LogP contribution in [0.3, 0.4) is 0 Å². The Morgan fingerprint density at radius 1 is 0.879 bits per heavy atom. The molecule has 0 spiro atoms. The number of anilines is 1. The van der Waals surface area contributed by atoms with E-state index in [1.807, 2.05) is 80.3 Å². The van der Waals surface area contributed by atoms with Gasteiger partial charge in [-0.15, -0.1) is 0 Å². The van der Waals surface area contributed by atoms with Crippen LogP contribution in [0.25, 0.3) is 0 Å². The van der Waals surface area contributed by atoms with Crippen molar-refractivity contribution in [1.29, 1.82) is 0 Å². The Kier molecular flexibility index (Phi) is 8.17. The molecule has 0 amide bonds. The normalized spacial score (nSPS) is 17.0. The summed E-state index contributed by atoms with van der Waals surface area (Å²) in [5.41, 5.74) is 2.59. The van der Waals surface area contributed by atoms with Crippen molar-refractivity contribution in [3.05, 3.63) is 65.7 Å². The van der Waals surface area contributed by atoms with Crippen molar-refractivity contribution in [3.8, 4) is 0 Å². The zero-order valence-corrected chi connectivity index (χ0v) is 21.0. The quantitative estimate of drug-likeness (QED) is 0.537. The van der Waals surface area contributed by atoms with Gasteiger partial charge in [0.25, 0.3) is 0 Å². The van der Waals surface area contributed by atoms with Crippen LogP contribution in [-0.2, 0) is 26.1 Å². The van der Waals surface area contributed by atoms with E-state index in [0.29, 0.717) is 19.6 Å². The molecule has 2 aromatic rings. The van der Waals surface area contributed by atoms with Crippen molar-refractivity contribution in [2.24, 2.45) is 5.92 Å². The third-order valence-corrected chi connectivity index (χ3v) is 8.73. The predicted molar refractivity (Wildman–Crippen MR) is 131 cm³/mol. The van der Waals surface area contributed by atoms with Crippen molar-refractivity contribution in [3.63, 3.8) is 0 Å². The zero-order valence-electron chi connectivity index (χ0n) is 19.3. The highest BCUT2D eigenvalue weighted by molar-refractivity contribution is 7.88. The number of piperazine rings is 1. The minimum atomic E-state index is -4.16. The minimum absolute atomic E-state index is 0.0406. The van der Waals surface area contributed by atoms with Crippen molar-refractivity contribution < 1.29 is 21.4 Å². The van der Waals surface area contributed by atoms with Gasteiger partial charge >= 0.3 is 10.3 Å². The predicted octanol–water partition coefficient (Wildman–Crippen LogP) is 3.16. The average molecular weight is 496 g/mol. The van der Waals surface area contributed by atoms with Gasteiger partial charge in [-0.1, -0.05) is 56.3 Å². The van der Waals surface area contributed by atoms with E-state index < -0.39 is 20.3 Å². The van der Waals surface area contributed by atoms with Gasteiger partial charge in [0.15, 0.2) is 0 Å². The van der Waals surface area contributed by atoms with Crippen LogP contribution in [0.1, 0.15) is 37.9 Å². The van der Waals surface area contributed by atoms with Gasteiger partial charge in [-0.3, -0.25) is 4.55 Å². The molecule has 1 atom stereocenters. The number of sulfonamides is 1. The zero-order chi connectivity index (χ0) is 24.2. The third kappa shape index (κ3) is 6.77. The van der Waals surface area contributed by atoms with Gasteiger partial charge in [-0.05, 0) is 36.1 Å². The van der Waals surface area contributed by atoms with Crippen LogP contribution < -0.4 is 4.90 Å². The molecule has 1 aliphatic rings. The largest absolute Gasteiger partial charge is 0.369 e. The summed E-state index contributed by atoms with van der Waals surface area (Å²) in [6.07, 6.45) is 0. The Hall–Kier alpha value is -1.98. The van der Waals surface area contributed by atoms with E-state index in [-0.39, 0.29) is 30.8 Å². The van der Waals surface area contributed by atoms with Crippen molar-refractivity contribution >= 4 is 26.0 Å². The molecule has 1 aliphatic heterocycles. The van der Waals surface area contributed by atoms with Crippen molar-refractivity contribution in [2.45, 2.75) is 32.6 Å². The highest BCUT2D eigenvalue weighted by Crippen LogP contribution is 2.28. The van der Waals surface area contributed by atoms with Crippen LogP contribution in [0.15, 0.2) is 54.6 Å². The van der Waals surface area contributed by atoms with E-state index in [0.717, 1.165) is 21.1 Å². The molecule has 1 fully saturated rings. The van der Waals surface area contributed by atoms with E-state index in [2.05, 4.69) is 0 Å². The first-order chi connectivity index (χ1) is 15.5. The van der Waals surface area contributed by atoms with Crippen LogP contribution in [0, 0.1) is 5.92 Å². The molecular weight excluding hydrogens is 462 g/mol. The molecule has 8 nitrogen and oxygen atoms in total. The number of nitrogens with zero attached hydrogens (tertiary/aromatic N) is 3. The van der Waals surface area contributed by atoms with Crippen LogP contribution in [0.5, 0.6) is 0 Å². The monoisotopic (exact) mass is 495 g/mol. The fourth-order valence-corrected chi connectivity index (χ4v) is 6.58. The van der Waals surface area contributed by atoms with Gasteiger partial charge in [0.05, 0.1) is 5.75 Å². The molecule has 1 N–H and O–H groups in total. The van der Waals surface area contributed by atoms with E-state index >= 15 is 0 Å². The summed E-state index contributed by atoms with van der Waals surface area (Å²) >= 11 is 0. The average Bonchev–Trinajstić information content (AvgIpc) is 2.77. The maximum atomic E-state index is 13.3. The summed E-state index contributed by atoms with van der Waals surface area (Å²) < 4.78 is 61.1. The second kappa shape index (κ2) is 10.5. The fourth-order valence-electron chi connectivity index (χ4n) is 4.05. The Morgan fingerprint density at radius 3 is 1.97 bits per heavy atom. The lowest BCUT2D eigenvalue weighted by Crippen LogP contribution is -2.48. The Bertz CT molecular complexity index is 1110. The first kappa shape index (κ1) is 25.6. The van der Waals surface area contributed by atoms with Gasteiger partial charge < -0.3 is 4.90 Å². The number of benzene rings is 2. The molecule has 0 unspecified atom stereocenters. The summed E-state index contributed by atoms with van der Waals surface area (Å²) in [6, 6.07) is 16.6. The standard InChI is InChI=1S/C23H33N3O5S2/c1-19(2)17-26(32(27,28)18-21-7-5-4-6-8-21)20(3)22-9-11-23(12-10-22)24-13-15-25(16-14-24)33(29,30)31/h4-12,19-20H,13-18H2,1-3H3,(H,29,30,31)/t20-/m1/s1. The van der Waals surface area contributed by atoms with E-state index in [4.69, 9.17) is 0 Å². The van der Waals surface area contributed by atoms with E-state index in [9.17, 15) is 21.4 Å². The first-order valence-corrected chi connectivity index (χ1v) is 14.1. The molecule has 33 heavy (non-hydrogen) atoms. The third-order valence-electron chi connectivity index (χ3n) is 5.83. The maximum Gasteiger partial charge on any atom is 0.336 e. The van der Waals surface area contributed by atoms with Gasteiger partial charge in [-0.2, -0.15) is 17.0 Å². The topological polar surface area (TPSA) is 98.2 Å². The molecule has 0 aromatic heterocycles. The van der Waals surface area contributed by atoms with Gasteiger partial charge in [-0.25, -0.2) is 8.42 Å². The van der Waals surface area contributed by atoms with Crippen LogP contribution in [0.2, 0.25) is 0 Å². The molecule has 0 bridgehead atoms. The smallest absolute Gasteiger partial charge is 0.336 e. The molecule has 2 aromatic carbocycles. The molecule has 3 rings (SSSR count). The lowest BCUT2D eigenvalue weighted by Gasteiger charge is -2.34. The molecular formula is C23H33N3O5S2. The summed E-state index contributed by atoms with van der Waals surface area (Å²) in [5.74, 6) is 0.137. The summed E-state index contributed by atoms with van der Waals surface area (Å²) in [6.45, 7) is 7.73. The lowest BCUT2D eigenvalue weighted by molar-refractivity contribution is 0.308. The second-order valence-corrected chi connectivity index (χ2v) is 12.2. The fraction of sp³-hybridized carbons (Fsp3) is 0.478. The van der Waals surface area contributed by atoms with Crippen molar-refractivity contribution in [2.75, 3.05) is 37.6 Å². The minimum Gasteiger partial charge on any atom is -0.369 e. The molecule has 0 radical (unpaired) electrons. The molecule has 0 saturated carbocycles. The lowest BCUT2D eigenvalue weighted by atomic mass is 10.1. The number of rotatable bonds is 9. The summed E-state index contributed by atoms with van der Waals surface area (Å²) in [4.78, 5) is 2.05. The molecule has 1 heterocycles. The van der Waals surface area contributed by atoms with E-state index in [1.165, 1.54) is 0 Å².